The van der Waals surface area contributed by atoms with E-state index < -0.39 is 24.3 Å². The van der Waals surface area contributed by atoms with Crippen molar-refractivity contribution in [3.05, 3.63) is 0 Å². The van der Waals surface area contributed by atoms with Crippen LogP contribution in [-0.2, 0) is 9.47 Å². The van der Waals surface area contributed by atoms with Crippen LogP contribution in [0.3, 0.4) is 0 Å². The lowest BCUT2D eigenvalue weighted by molar-refractivity contribution is 0.110. The lowest BCUT2D eigenvalue weighted by Gasteiger charge is -2.00. The molecule has 0 amide bonds. The maximum atomic E-state index is 10.6. The van der Waals surface area contributed by atoms with Gasteiger partial charge in [0, 0.05) is 0 Å². The molecule has 0 aliphatic rings. The molecular formula is C6H6N4O6. The third-order valence-electron chi connectivity index (χ3n) is 1.12. The molecule has 0 aromatic carbocycles. The Bertz CT molecular complexity index is 342. The Labute approximate surface area is 88.5 Å². The van der Waals surface area contributed by atoms with Gasteiger partial charge >= 0.3 is 24.3 Å². The van der Waals surface area contributed by atoms with Gasteiger partial charge in [-0.05, 0) is 0 Å². The summed E-state index contributed by atoms with van der Waals surface area (Å²) < 4.78 is 17.1. The molecule has 0 aliphatic carbocycles. The zero-order chi connectivity index (χ0) is 12.0. The van der Waals surface area contributed by atoms with Crippen LogP contribution in [0.4, 0.5) is 9.59 Å². The summed E-state index contributed by atoms with van der Waals surface area (Å²) in [5.74, 6) is 0. The van der Waals surface area contributed by atoms with Crippen molar-refractivity contribution in [2.24, 2.45) is 0 Å². The molecule has 0 bridgehead atoms. The highest BCUT2D eigenvalue weighted by Crippen LogP contribution is 2.02. The largest absolute Gasteiger partial charge is 0.516 e. The molecule has 1 rings (SSSR count). The van der Waals surface area contributed by atoms with Gasteiger partial charge in [-0.2, -0.15) is 0 Å². The van der Waals surface area contributed by atoms with E-state index in [4.69, 9.17) is 0 Å². The molecule has 16 heavy (non-hydrogen) atoms. The maximum Gasteiger partial charge on any atom is 0.516 e. The second-order valence-corrected chi connectivity index (χ2v) is 2.08. The van der Waals surface area contributed by atoms with Crippen LogP contribution in [0.25, 0.3) is 0 Å². The minimum atomic E-state index is -1.02. The van der Waals surface area contributed by atoms with Crippen molar-refractivity contribution in [3.63, 3.8) is 0 Å². The number of ether oxygens (including phenoxy) is 4. The van der Waals surface area contributed by atoms with E-state index in [1.165, 1.54) is 0 Å². The summed E-state index contributed by atoms with van der Waals surface area (Å²) in [7, 11) is 2.22. The van der Waals surface area contributed by atoms with Crippen molar-refractivity contribution < 1.29 is 28.5 Å². The SMILES string of the molecule is COC(=O)Oc1nnc(OC(=O)OC)nn1. The summed E-state index contributed by atoms with van der Waals surface area (Å²) in [4.78, 5) is 21.2. The number of carbonyl (C=O) groups is 2. The van der Waals surface area contributed by atoms with Gasteiger partial charge < -0.3 is 18.9 Å². The van der Waals surface area contributed by atoms with Gasteiger partial charge in [-0.25, -0.2) is 9.59 Å². The van der Waals surface area contributed by atoms with Crippen molar-refractivity contribution in [2.45, 2.75) is 0 Å². The normalized spacial score (nSPS) is 9.12. The number of hydrogen-bond acceptors (Lipinski definition) is 10. The first kappa shape index (κ1) is 11.6. The Hall–Kier alpha value is -2.52. The standard InChI is InChI=1S/C6H6N4O6/c1-13-5(11)15-3-7-9-4(10-8-3)16-6(12)14-2/h1-2H3. The predicted molar refractivity (Wildman–Crippen MR) is 43.7 cm³/mol. The summed E-state index contributed by atoms with van der Waals surface area (Å²) in [6, 6.07) is -0.881. The van der Waals surface area contributed by atoms with Gasteiger partial charge in [-0.3, -0.25) is 0 Å². The smallest absolute Gasteiger partial charge is 0.437 e. The minimum Gasteiger partial charge on any atom is -0.437 e. The topological polar surface area (TPSA) is 123 Å². The molecule has 1 heterocycles. The van der Waals surface area contributed by atoms with Crippen LogP contribution in [0.1, 0.15) is 0 Å². The second kappa shape index (κ2) is 5.38. The monoisotopic (exact) mass is 230 g/mol. The molecule has 0 unspecified atom stereocenters. The third-order valence-corrected chi connectivity index (χ3v) is 1.12. The van der Waals surface area contributed by atoms with Crippen molar-refractivity contribution in [1.82, 2.24) is 20.4 Å². The van der Waals surface area contributed by atoms with Gasteiger partial charge in [0.25, 0.3) is 0 Å². The van der Waals surface area contributed by atoms with Crippen molar-refractivity contribution >= 4 is 12.3 Å². The van der Waals surface area contributed by atoms with Crippen molar-refractivity contribution in [2.75, 3.05) is 14.2 Å². The highest BCUT2D eigenvalue weighted by atomic mass is 16.7. The van der Waals surface area contributed by atoms with Gasteiger partial charge in [0.2, 0.25) is 0 Å². The van der Waals surface area contributed by atoms with Gasteiger partial charge in [0.15, 0.2) is 0 Å². The van der Waals surface area contributed by atoms with Crippen molar-refractivity contribution in [1.29, 1.82) is 0 Å². The quantitative estimate of drug-likeness (QED) is 0.617. The van der Waals surface area contributed by atoms with Crippen LogP contribution < -0.4 is 9.47 Å². The van der Waals surface area contributed by atoms with Crippen LogP contribution in [0.5, 0.6) is 12.0 Å². The molecule has 1 aromatic rings. The zero-order valence-electron chi connectivity index (χ0n) is 8.24. The minimum absolute atomic E-state index is 0.441. The fourth-order valence-corrected chi connectivity index (χ4v) is 0.525. The zero-order valence-corrected chi connectivity index (χ0v) is 8.24. The van der Waals surface area contributed by atoms with Crippen LogP contribution in [-0.4, -0.2) is 46.9 Å². The van der Waals surface area contributed by atoms with E-state index in [9.17, 15) is 9.59 Å². The number of aromatic nitrogens is 4. The van der Waals surface area contributed by atoms with Gasteiger partial charge in [-0.15, -0.1) is 0 Å². The van der Waals surface area contributed by atoms with Crippen molar-refractivity contribution in [3.8, 4) is 12.0 Å². The van der Waals surface area contributed by atoms with E-state index in [-0.39, 0.29) is 0 Å². The van der Waals surface area contributed by atoms with E-state index in [2.05, 4.69) is 39.3 Å². The van der Waals surface area contributed by atoms with Gasteiger partial charge in [0.1, 0.15) is 0 Å². The molecule has 0 N–H and O–H groups in total. The summed E-state index contributed by atoms with van der Waals surface area (Å²) in [5.41, 5.74) is 0. The third kappa shape index (κ3) is 3.32. The Balaban J connectivity index is 2.60. The molecule has 0 saturated carbocycles. The molecule has 1 aromatic heterocycles. The average Bonchev–Trinajstić information content (AvgIpc) is 2.31. The number of rotatable bonds is 2. The van der Waals surface area contributed by atoms with Crippen LogP contribution in [0, 0.1) is 0 Å². The van der Waals surface area contributed by atoms with Crippen LogP contribution in [0.15, 0.2) is 0 Å². The van der Waals surface area contributed by atoms with Crippen LogP contribution >= 0.6 is 0 Å². The van der Waals surface area contributed by atoms with E-state index in [0.29, 0.717) is 0 Å². The average molecular weight is 230 g/mol. The summed E-state index contributed by atoms with van der Waals surface area (Å²) >= 11 is 0. The maximum absolute atomic E-state index is 10.6. The molecule has 10 heteroatoms. The Morgan fingerprint density at radius 3 is 1.38 bits per heavy atom. The molecule has 0 saturated heterocycles. The second-order valence-electron chi connectivity index (χ2n) is 2.08. The molecule has 86 valence electrons. The highest BCUT2D eigenvalue weighted by molar-refractivity contribution is 5.62. The highest BCUT2D eigenvalue weighted by Gasteiger charge is 2.11. The Morgan fingerprint density at radius 1 is 0.812 bits per heavy atom. The molecule has 0 radical (unpaired) electrons. The lowest BCUT2D eigenvalue weighted by atomic mass is 11.1. The van der Waals surface area contributed by atoms with E-state index in [0.717, 1.165) is 14.2 Å². The first-order valence-corrected chi connectivity index (χ1v) is 3.74. The fourth-order valence-electron chi connectivity index (χ4n) is 0.525. The van der Waals surface area contributed by atoms with Crippen LogP contribution in [0.2, 0.25) is 0 Å². The molecule has 0 spiro atoms. The number of methoxy groups -OCH3 is 2. The number of carbonyl (C=O) groups excluding carboxylic acids is 2. The molecule has 10 nitrogen and oxygen atoms in total. The molecule has 0 atom stereocenters. The number of hydrogen-bond donors (Lipinski definition) is 0. The Kier molecular flexibility index (Phi) is 3.89. The van der Waals surface area contributed by atoms with Gasteiger partial charge in [0.05, 0.1) is 14.2 Å². The summed E-state index contributed by atoms with van der Waals surface area (Å²) in [6.45, 7) is 0. The Morgan fingerprint density at radius 2 is 1.12 bits per heavy atom. The number of nitrogens with zero attached hydrogens (tertiary/aromatic N) is 4. The fraction of sp³-hybridized carbons (Fsp3) is 0.333. The van der Waals surface area contributed by atoms with E-state index in [1.807, 2.05) is 0 Å². The summed E-state index contributed by atoms with van der Waals surface area (Å²) in [6.07, 6.45) is -2.05. The van der Waals surface area contributed by atoms with E-state index in [1.54, 1.807) is 0 Å². The predicted octanol–water partition coefficient (Wildman–Crippen LogP) is -0.443. The summed E-state index contributed by atoms with van der Waals surface area (Å²) in [5, 5.41) is 13.1. The van der Waals surface area contributed by atoms with E-state index >= 15 is 0 Å². The lowest BCUT2D eigenvalue weighted by Crippen LogP contribution is -2.14. The first-order chi connectivity index (χ1) is 7.65. The first-order valence-electron chi connectivity index (χ1n) is 3.74. The molecule has 0 fully saturated rings. The van der Waals surface area contributed by atoms with Gasteiger partial charge in [-0.1, -0.05) is 20.4 Å². The molecular weight excluding hydrogens is 224 g/mol. The molecule has 0 aliphatic heterocycles.